The number of hydrazone groups is 1. The average molecular weight is 438 g/mol. The second-order valence-corrected chi connectivity index (χ2v) is 6.91. The molecule has 0 fully saturated rings. The van der Waals surface area contributed by atoms with Crippen LogP contribution in [0.15, 0.2) is 52.0 Å². The molecule has 0 spiro atoms. The smallest absolute Gasteiger partial charge is 0.258 e. The first-order valence-corrected chi connectivity index (χ1v) is 9.34. The van der Waals surface area contributed by atoms with Crippen molar-refractivity contribution in [3.63, 3.8) is 0 Å². The number of carbonyl (C=O) groups excluding carboxylic acids is 1. The normalized spacial score (nSPS) is 16.4. The van der Waals surface area contributed by atoms with E-state index in [2.05, 4.69) is 21.0 Å². The maximum absolute atomic E-state index is 12.4. The summed E-state index contributed by atoms with van der Waals surface area (Å²) in [5.74, 6) is 0.813. The van der Waals surface area contributed by atoms with Crippen LogP contribution in [0.3, 0.4) is 0 Å². The number of ether oxygens (including phenoxy) is 2. The zero-order valence-corrected chi connectivity index (χ0v) is 16.8. The molecule has 26 heavy (non-hydrogen) atoms. The number of alkyl halides is 1. The molecular formula is C19H18BrClN2O3. The van der Waals surface area contributed by atoms with Crippen molar-refractivity contribution in [2.24, 2.45) is 5.10 Å². The number of hydrogen-bond acceptors (Lipinski definition) is 4. The highest BCUT2D eigenvalue weighted by Gasteiger charge is 2.35. The second-order valence-electron chi connectivity index (χ2n) is 5.73. The quantitative estimate of drug-likeness (QED) is 0.652. The van der Waals surface area contributed by atoms with Crippen LogP contribution >= 0.6 is 27.5 Å². The first kappa shape index (κ1) is 18.7. The van der Waals surface area contributed by atoms with Crippen LogP contribution in [0.4, 0.5) is 0 Å². The van der Waals surface area contributed by atoms with Gasteiger partial charge in [-0.2, -0.15) is 5.10 Å². The summed E-state index contributed by atoms with van der Waals surface area (Å²) in [5.41, 5.74) is 2.62. The van der Waals surface area contributed by atoms with Gasteiger partial charge in [0.15, 0.2) is 11.5 Å². The van der Waals surface area contributed by atoms with E-state index in [1.165, 1.54) is 5.01 Å². The molecule has 136 valence electrons. The third-order valence-electron chi connectivity index (χ3n) is 4.25. The fraction of sp³-hybridized carbons (Fsp3) is 0.263. The van der Waals surface area contributed by atoms with Gasteiger partial charge in [0, 0.05) is 16.5 Å². The minimum Gasteiger partial charge on any atom is -0.493 e. The summed E-state index contributed by atoms with van der Waals surface area (Å²) >= 11 is 9.24. The van der Waals surface area contributed by atoms with Crippen molar-refractivity contribution in [2.75, 3.05) is 20.1 Å². The number of rotatable bonds is 5. The molecule has 0 saturated carbocycles. The van der Waals surface area contributed by atoms with Crippen LogP contribution in [0, 0.1) is 0 Å². The first-order valence-electron chi connectivity index (χ1n) is 8.01. The molecule has 1 aliphatic rings. The van der Waals surface area contributed by atoms with Gasteiger partial charge in [-0.3, -0.25) is 4.79 Å². The molecule has 2 aromatic rings. The average Bonchev–Trinajstić information content (AvgIpc) is 3.12. The summed E-state index contributed by atoms with van der Waals surface area (Å²) in [7, 11) is 3.17. The van der Waals surface area contributed by atoms with Gasteiger partial charge >= 0.3 is 0 Å². The van der Waals surface area contributed by atoms with E-state index in [4.69, 9.17) is 21.1 Å². The second kappa shape index (κ2) is 8.10. The molecule has 7 heteroatoms. The van der Waals surface area contributed by atoms with Gasteiger partial charge in [-0.15, -0.1) is 11.6 Å². The summed E-state index contributed by atoms with van der Waals surface area (Å²) in [6.07, 6.45) is 0.563. The number of nitrogens with zero attached hydrogens (tertiary/aromatic N) is 2. The van der Waals surface area contributed by atoms with Crippen molar-refractivity contribution < 1.29 is 14.3 Å². The SMILES string of the molecule is COc1cccc([C@H]2CC(c3ccc(Br)cc3)=NN2C(=O)CCl)c1OC. The van der Waals surface area contributed by atoms with Gasteiger partial charge in [-0.25, -0.2) is 5.01 Å². The van der Waals surface area contributed by atoms with Crippen molar-refractivity contribution in [3.05, 3.63) is 58.1 Å². The van der Waals surface area contributed by atoms with Gasteiger partial charge in [0.05, 0.1) is 26.0 Å². The number of halogens is 2. The van der Waals surface area contributed by atoms with Crippen LogP contribution in [0.5, 0.6) is 11.5 Å². The minimum atomic E-state index is -0.301. The zero-order chi connectivity index (χ0) is 18.7. The summed E-state index contributed by atoms with van der Waals surface area (Å²) < 4.78 is 11.9. The Labute approximate surface area is 165 Å². The Bertz CT molecular complexity index is 839. The highest BCUT2D eigenvalue weighted by Crippen LogP contribution is 2.41. The van der Waals surface area contributed by atoms with Crippen LogP contribution in [-0.4, -0.2) is 36.7 Å². The number of methoxy groups -OCH3 is 2. The molecule has 3 rings (SSSR count). The number of benzene rings is 2. The number of para-hydroxylation sites is 1. The molecule has 1 atom stereocenters. The Balaban J connectivity index is 2.02. The highest BCUT2D eigenvalue weighted by molar-refractivity contribution is 9.10. The van der Waals surface area contributed by atoms with Crippen molar-refractivity contribution in [3.8, 4) is 11.5 Å². The molecule has 0 N–H and O–H groups in total. The molecule has 2 aromatic carbocycles. The van der Waals surface area contributed by atoms with E-state index in [-0.39, 0.29) is 17.8 Å². The van der Waals surface area contributed by atoms with E-state index in [9.17, 15) is 4.79 Å². The van der Waals surface area contributed by atoms with Crippen LogP contribution in [0.25, 0.3) is 0 Å². The Morgan fingerprint density at radius 3 is 2.58 bits per heavy atom. The van der Waals surface area contributed by atoms with E-state index < -0.39 is 0 Å². The van der Waals surface area contributed by atoms with Crippen LogP contribution in [0.2, 0.25) is 0 Å². The molecule has 1 aliphatic heterocycles. The van der Waals surface area contributed by atoms with Crippen LogP contribution in [0.1, 0.15) is 23.6 Å². The molecule has 0 aliphatic carbocycles. The molecular weight excluding hydrogens is 420 g/mol. The van der Waals surface area contributed by atoms with Crippen molar-refractivity contribution in [1.82, 2.24) is 5.01 Å². The van der Waals surface area contributed by atoms with Gasteiger partial charge in [-0.1, -0.05) is 40.2 Å². The lowest BCUT2D eigenvalue weighted by molar-refractivity contribution is -0.130. The Kier molecular flexibility index (Phi) is 5.84. The Hall–Kier alpha value is -2.05. The third-order valence-corrected chi connectivity index (χ3v) is 5.01. The molecule has 1 heterocycles. The van der Waals surface area contributed by atoms with Gasteiger partial charge in [0.2, 0.25) is 0 Å². The lowest BCUT2D eigenvalue weighted by Gasteiger charge is -2.23. The monoisotopic (exact) mass is 436 g/mol. The van der Waals surface area contributed by atoms with Crippen LogP contribution < -0.4 is 9.47 Å². The largest absolute Gasteiger partial charge is 0.493 e. The fourth-order valence-corrected chi connectivity index (χ4v) is 3.42. The standard InChI is InChI=1S/C19H18BrClN2O3/c1-25-17-5-3-4-14(19(17)26-2)16-10-15(22-23(16)18(24)11-21)12-6-8-13(20)9-7-12/h3-9,16H,10-11H2,1-2H3/t16-/m1/s1. The zero-order valence-electron chi connectivity index (χ0n) is 14.4. The van der Waals surface area contributed by atoms with Crippen molar-refractivity contribution in [1.29, 1.82) is 0 Å². The highest BCUT2D eigenvalue weighted by atomic mass is 79.9. The van der Waals surface area contributed by atoms with E-state index >= 15 is 0 Å². The van der Waals surface area contributed by atoms with E-state index in [1.54, 1.807) is 14.2 Å². The maximum Gasteiger partial charge on any atom is 0.258 e. The molecule has 5 nitrogen and oxygen atoms in total. The first-order chi connectivity index (χ1) is 12.6. The summed E-state index contributed by atoms with van der Waals surface area (Å²) in [4.78, 5) is 12.4. The lowest BCUT2D eigenvalue weighted by Crippen LogP contribution is -2.28. The Morgan fingerprint density at radius 1 is 1.23 bits per heavy atom. The fourth-order valence-electron chi connectivity index (χ4n) is 3.03. The van der Waals surface area contributed by atoms with Gasteiger partial charge in [0.1, 0.15) is 5.88 Å². The van der Waals surface area contributed by atoms with Crippen molar-refractivity contribution >= 4 is 39.1 Å². The molecule has 0 radical (unpaired) electrons. The topological polar surface area (TPSA) is 51.1 Å². The molecule has 0 bridgehead atoms. The van der Waals surface area contributed by atoms with Gasteiger partial charge in [0.25, 0.3) is 5.91 Å². The summed E-state index contributed by atoms with van der Waals surface area (Å²) in [6.45, 7) is 0. The van der Waals surface area contributed by atoms with Crippen molar-refractivity contribution in [2.45, 2.75) is 12.5 Å². The van der Waals surface area contributed by atoms with Gasteiger partial charge < -0.3 is 9.47 Å². The Morgan fingerprint density at radius 2 is 1.96 bits per heavy atom. The number of carbonyl (C=O) groups is 1. The minimum absolute atomic E-state index is 0.139. The number of amides is 1. The lowest BCUT2D eigenvalue weighted by atomic mass is 9.97. The molecule has 0 unspecified atom stereocenters. The summed E-state index contributed by atoms with van der Waals surface area (Å²) in [6, 6.07) is 13.1. The number of hydrogen-bond donors (Lipinski definition) is 0. The predicted octanol–water partition coefficient (Wildman–Crippen LogP) is 4.38. The van der Waals surface area contributed by atoms with Gasteiger partial charge in [-0.05, 0) is 23.8 Å². The van der Waals surface area contributed by atoms with E-state index in [0.717, 1.165) is 21.3 Å². The molecule has 0 aromatic heterocycles. The maximum atomic E-state index is 12.4. The van der Waals surface area contributed by atoms with Crippen LogP contribution in [-0.2, 0) is 4.79 Å². The molecule has 1 amide bonds. The summed E-state index contributed by atoms with van der Waals surface area (Å²) in [5, 5.41) is 6.00. The van der Waals surface area contributed by atoms with E-state index in [0.29, 0.717) is 17.9 Å². The third kappa shape index (κ3) is 3.57. The molecule has 0 saturated heterocycles. The predicted molar refractivity (Wildman–Crippen MR) is 105 cm³/mol. The van der Waals surface area contributed by atoms with E-state index in [1.807, 2.05) is 42.5 Å².